The highest BCUT2D eigenvalue weighted by molar-refractivity contribution is 5.34. The molecule has 0 spiro atoms. The molecule has 1 aromatic rings. The van der Waals surface area contributed by atoms with Crippen LogP contribution < -0.4 is 10.5 Å². The summed E-state index contributed by atoms with van der Waals surface area (Å²) in [4.78, 5) is 0. The van der Waals surface area contributed by atoms with Crippen molar-refractivity contribution in [1.82, 2.24) is 0 Å². The quantitative estimate of drug-likeness (QED) is 0.805. The van der Waals surface area contributed by atoms with Gasteiger partial charge in [0.25, 0.3) is 0 Å². The molecule has 0 radical (unpaired) electrons. The van der Waals surface area contributed by atoms with Gasteiger partial charge in [-0.25, -0.2) is 0 Å². The molecule has 0 aromatic heterocycles. The Hall–Kier alpha value is -1.02. The fourth-order valence-corrected chi connectivity index (χ4v) is 1.94. The van der Waals surface area contributed by atoms with E-state index in [9.17, 15) is 0 Å². The molecule has 1 aromatic carbocycles. The van der Waals surface area contributed by atoms with E-state index in [-0.39, 0.29) is 5.54 Å². The van der Waals surface area contributed by atoms with E-state index >= 15 is 0 Å². The van der Waals surface area contributed by atoms with Gasteiger partial charge in [0.15, 0.2) is 0 Å². The van der Waals surface area contributed by atoms with Crippen LogP contribution in [0.2, 0.25) is 0 Å². The summed E-state index contributed by atoms with van der Waals surface area (Å²) in [6, 6.07) is 8.08. The summed E-state index contributed by atoms with van der Waals surface area (Å²) in [5, 5.41) is 0. The topological polar surface area (TPSA) is 35.2 Å². The number of rotatable bonds is 5. The second-order valence-corrected chi connectivity index (χ2v) is 4.39. The van der Waals surface area contributed by atoms with E-state index in [1.165, 1.54) is 5.56 Å². The molecule has 0 saturated carbocycles. The van der Waals surface area contributed by atoms with Crippen LogP contribution in [0, 0.1) is 0 Å². The zero-order chi connectivity index (χ0) is 11.3. The van der Waals surface area contributed by atoms with Crippen LogP contribution >= 0.6 is 0 Å². The highest BCUT2D eigenvalue weighted by Crippen LogP contribution is 2.23. The first-order chi connectivity index (χ1) is 7.09. The Balaban J connectivity index is 2.79. The molecule has 1 rings (SSSR count). The second-order valence-electron chi connectivity index (χ2n) is 4.39. The Bertz CT molecular complexity index is 307. The van der Waals surface area contributed by atoms with E-state index in [0.29, 0.717) is 0 Å². The highest BCUT2D eigenvalue weighted by Gasteiger charge is 2.19. The van der Waals surface area contributed by atoms with Gasteiger partial charge >= 0.3 is 0 Å². The summed E-state index contributed by atoms with van der Waals surface area (Å²) in [5.41, 5.74) is 7.28. The third kappa shape index (κ3) is 3.56. The average Bonchev–Trinajstić information content (AvgIpc) is 2.17. The molecule has 15 heavy (non-hydrogen) atoms. The smallest absolute Gasteiger partial charge is 0.122 e. The lowest BCUT2D eigenvalue weighted by atomic mass is 9.89. The molecule has 0 aliphatic rings. The van der Waals surface area contributed by atoms with Gasteiger partial charge in [-0.2, -0.15) is 0 Å². The molecule has 0 aliphatic carbocycles. The molecule has 0 heterocycles. The maximum Gasteiger partial charge on any atom is 0.122 e. The van der Waals surface area contributed by atoms with Crippen molar-refractivity contribution in [2.75, 3.05) is 7.11 Å². The molecule has 0 aliphatic heterocycles. The van der Waals surface area contributed by atoms with Gasteiger partial charge in [0.1, 0.15) is 5.75 Å². The maximum atomic E-state index is 6.23. The maximum absolute atomic E-state index is 6.23. The van der Waals surface area contributed by atoms with Gasteiger partial charge in [0, 0.05) is 5.54 Å². The summed E-state index contributed by atoms with van der Waals surface area (Å²) in [6.07, 6.45) is 3.01. The van der Waals surface area contributed by atoms with Crippen LogP contribution in [0.1, 0.15) is 32.3 Å². The summed E-state index contributed by atoms with van der Waals surface area (Å²) in [6.45, 7) is 4.26. The number of hydrogen-bond donors (Lipinski definition) is 1. The van der Waals surface area contributed by atoms with E-state index in [1.54, 1.807) is 7.11 Å². The number of benzene rings is 1. The predicted molar refractivity (Wildman–Crippen MR) is 64.2 cm³/mol. The zero-order valence-electron chi connectivity index (χ0n) is 9.92. The number of ether oxygens (including phenoxy) is 1. The van der Waals surface area contributed by atoms with Crippen molar-refractivity contribution in [2.24, 2.45) is 5.73 Å². The van der Waals surface area contributed by atoms with Gasteiger partial charge in [-0.05, 0) is 31.4 Å². The van der Waals surface area contributed by atoms with E-state index in [2.05, 4.69) is 19.9 Å². The Kier molecular flexibility index (Phi) is 4.15. The third-order valence-corrected chi connectivity index (χ3v) is 2.61. The fourth-order valence-electron chi connectivity index (χ4n) is 1.94. The molecule has 1 unspecified atom stereocenters. The molecular weight excluding hydrogens is 186 g/mol. The number of para-hydroxylation sites is 1. The average molecular weight is 207 g/mol. The van der Waals surface area contributed by atoms with E-state index in [0.717, 1.165) is 25.0 Å². The van der Waals surface area contributed by atoms with Gasteiger partial charge in [-0.1, -0.05) is 31.5 Å². The summed E-state index contributed by atoms with van der Waals surface area (Å²) >= 11 is 0. The molecular formula is C13H21NO. The van der Waals surface area contributed by atoms with Crippen LogP contribution in [-0.2, 0) is 6.42 Å². The highest BCUT2D eigenvalue weighted by atomic mass is 16.5. The minimum atomic E-state index is -0.136. The van der Waals surface area contributed by atoms with Gasteiger partial charge in [0.2, 0.25) is 0 Å². The molecule has 0 fully saturated rings. The van der Waals surface area contributed by atoms with Crippen LogP contribution in [0.15, 0.2) is 24.3 Å². The third-order valence-electron chi connectivity index (χ3n) is 2.61. The van der Waals surface area contributed by atoms with Crippen molar-refractivity contribution in [2.45, 2.75) is 38.6 Å². The van der Waals surface area contributed by atoms with Crippen molar-refractivity contribution >= 4 is 0 Å². The molecule has 2 nitrogen and oxygen atoms in total. The number of nitrogens with two attached hydrogens (primary N) is 1. The Morgan fingerprint density at radius 3 is 2.60 bits per heavy atom. The standard InChI is InChI=1S/C13H21NO/c1-4-9-13(2,14)10-11-7-5-6-8-12(11)15-3/h5-8H,4,9-10,14H2,1-3H3. The van der Waals surface area contributed by atoms with Crippen LogP contribution in [0.25, 0.3) is 0 Å². The van der Waals surface area contributed by atoms with Crippen molar-refractivity contribution in [3.05, 3.63) is 29.8 Å². The monoisotopic (exact) mass is 207 g/mol. The largest absolute Gasteiger partial charge is 0.496 e. The minimum Gasteiger partial charge on any atom is -0.496 e. The molecule has 1 atom stereocenters. The Morgan fingerprint density at radius 2 is 2.00 bits per heavy atom. The van der Waals surface area contributed by atoms with Gasteiger partial charge < -0.3 is 10.5 Å². The zero-order valence-corrected chi connectivity index (χ0v) is 9.92. The molecule has 0 amide bonds. The van der Waals surface area contributed by atoms with E-state index in [4.69, 9.17) is 10.5 Å². The van der Waals surface area contributed by atoms with E-state index in [1.807, 2.05) is 18.2 Å². The normalized spacial score (nSPS) is 14.7. The van der Waals surface area contributed by atoms with Crippen LogP contribution in [-0.4, -0.2) is 12.6 Å². The molecule has 2 heteroatoms. The van der Waals surface area contributed by atoms with Gasteiger partial charge in [0.05, 0.1) is 7.11 Å². The molecule has 84 valence electrons. The summed E-state index contributed by atoms with van der Waals surface area (Å²) in [5.74, 6) is 0.935. The molecule has 0 saturated heterocycles. The van der Waals surface area contributed by atoms with Crippen LogP contribution in [0.5, 0.6) is 5.75 Å². The van der Waals surface area contributed by atoms with Gasteiger partial charge in [-0.15, -0.1) is 0 Å². The Labute approximate surface area is 92.4 Å². The van der Waals surface area contributed by atoms with Crippen molar-refractivity contribution in [1.29, 1.82) is 0 Å². The summed E-state index contributed by atoms with van der Waals surface area (Å²) < 4.78 is 5.31. The number of hydrogen-bond acceptors (Lipinski definition) is 2. The lowest BCUT2D eigenvalue weighted by Crippen LogP contribution is -2.38. The number of methoxy groups -OCH3 is 1. The lowest BCUT2D eigenvalue weighted by Gasteiger charge is -2.25. The lowest BCUT2D eigenvalue weighted by molar-refractivity contribution is 0.388. The van der Waals surface area contributed by atoms with Crippen molar-refractivity contribution in [3.8, 4) is 5.75 Å². The summed E-state index contributed by atoms with van der Waals surface area (Å²) in [7, 11) is 1.70. The SMILES string of the molecule is CCCC(C)(N)Cc1ccccc1OC. The minimum absolute atomic E-state index is 0.136. The van der Waals surface area contributed by atoms with Crippen molar-refractivity contribution in [3.63, 3.8) is 0 Å². The van der Waals surface area contributed by atoms with E-state index < -0.39 is 0 Å². The fraction of sp³-hybridized carbons (Fsp3) is 0.538. The first-order valence-corrected chi connectivity index (χ1v) is 5.50. The first kappa shape index (κ1) is 12.1. The predicted octanol–water partition coefficient (Wildman–Crippen LogP) is 2.76. The van der Waals surface area contributed by atoms with Gasteiger partial charge in [-0.3, -0.25) is 0 Å². The van der Waals surface area contributed by atoms with Crippen LogP contribution in [0.3, 0.4) is 0 Å². The molecule has 0 bridgehead atoms. The molecule has 2 N–H and O–H groups in total. The van der Waals surface area contributed by atoms with Crippen molar-refractivity contribution < 1.29 is 4.74 Å². The second kappa shape index (κ2) is 5.17. The Morgan fingerprint density at radius 1 is 1.33 bits per heavy atom. The van der Waals surface area contributed by atoms with Crippen LogP contribution in [0.4, 0.5) is 0 Å². The first-order valence-electron chi connectivity index (χ1n) is 5.50.